The number of anilines is 1. The highest BCUT2D eigenvalue weighted by molar-refractivity contribution is 7.99. The summed E-state index contributed by atoms with van der Waals surface area (Å²) < 4.78 is 7.18. The SMILES string of the molecule is CCOc1ccc(-c2nnc3ccc(SCC(=O)Nc4ccc(C)cc4)nn23)cc1. The Balaban J connectivity index is 1.47. The first-order valence-corrected chi connectivity index (χ1v) is 10.6. The number of rotatable bonds is 7. The van der Waals surface area contributed by atoms with Crippen molar-refractivity contribution in [3.05, 3.63) is 66.2 Å². The van der Waals surface area contributed by atoms with Crippen LogP contribution >= 0.6 is 11.8 Å². The highest BCUT2D eigenvalue weighted by Gasteiger charge is 2.11. The number of nitrogens with zero attached hydrogens (tertiary/aromatic N) is 4. The lowest BCUT2D eigenvalue weighted by Crippen LogP contribution is -2.14. The van der Waals surface area contributed by atoms with Gasteiger partial charge in [-0.2, -0.15) is 9.61 Å². The Labute approximate surface area is 178 Å². The Morgan fingerprint density at radius 3 is 2.53 bits per heavy atom. The molecule has 0 saturated carbocycles. The summed E-state index contributed by atoms with van der Waals surface area (Å²) in [4.78, 5) is 12.3. The number of ether oxygens (including phenoxy) is 1. The minimum Gasteiger partial charge on any atom is -0.494 e. The zero-order valence-corrected chi connectivity index (χ0v) is 17.5. The molecule has 2 aromatic heterocycles. The quantitative estimate of drug-likeness (QED) is 0.452. The molecule has 7 nitrogen and oxygen atoms in total. The van der Waals surface area contributed by atoms with Gasteiger partial charge in [0.15, 0.2) is 11.5 Å². The second-order valence-corrected chi connectivity index (χ2v) is 7.62. The Morgan fingerprint density at radius 1 is 1.03 bits per heavy atom. The Morgan fingerprint density at radius 2 is 1.80 bits per heavy atom. The average molecular weight is 420 g/mol. The summed E-state index contributed by atoms with van der Waals surface area (Å²) in [6.07, 6.45) is 0. The van der Waals surface area contributed by atoms with Crippen molar-refractivity contribution in [1.82, 2.24) is 19.8 Å². The predicted molar refractivity (Wildman–Crippen MR) is 118 cm³/mol. The number of hydrogen-bond acceptors (Lipinski definition) is 6. The van der Waals surface area contributed by atoms with E-state index in [4.69, 9.17) is 4.74 Å². The van der Waals surface area contributed by atoms with E-state index >= 15 is 0 Å². The van der Waals surface area contributed by atoms with Crippen LogP contribution in [0.5, 0.6) is 5.75 Å². The van der Waals surface area contributed by atoms with Crippen LogP contribution in [-0.4, -0.2) is 38.1 Å². The minimum absolute atomic E-state index is 0.0822. The van der Waals surface area contributed by atoms with Gasteiger partial charge in [0.1, 0.15) is 10.8 Å². The van der Waals surface area contributed by atoms with Crippen molar-refractivity contribution in [1.29, 1.82) is 0 Å². The third kappa shape index (κ3) is 4.60. The Hall–Kier alpha value is -3.39. The summed E-state index contributed by atoms with van der Waals surface area (Å²) in [6, 6.07) is 19.1. The molecule has 4 rings (SSSR count). The number of hydrogen-bond donors (Lipinski definition) is 1. The van der Waals surface area contributed by atoms with E-state index in [9.17, 15) is 4.79 Å². The molecular formula is C22H21N5O2S. The maximum Gasteiger partial charge on any atom is 0.234 e. The van der Waals surface area contributed by atoms with E-state index in [0.29, 0.717) is 23.1 Å². The van der Waals surface area contributed by atoms with Gasteiger partial charge < -0.3 is 10.1 Å². The maximum absolute atomic E-state index is 12.3. The fraction of sp³-hybridized carbons (Fsp3) is 0.182. The van der Waals surface area contributed by atoms with Crippen LogP contribution in [0.3, 0.4) is 0 Å². The molecule has 0 spiro atoms. The lowest BCUT2D eigenvalue weighted by Gasteiger charge is -2.06. The van der Waals surface area contributed by atoms with E-state index in [1.807, 2.05) is 74.5 Å². The van der Waals surface area contributed by atoms with Crippen molar-refractivity contribution in [3.63, 3.8) is 0 Å². The van der Waals surface area contributed by atoms with Gasteiger partial charge in [-0.3, -0.25) is 4.79 Å². The number of nitrogens with one attached hydrogen (secondary N) is 1. The topological polar surface area (TPSA) is 81.4 Å². The number of carbonyl (C=O) groups is 1. The smallest absolute Gasteiger partial charge is 0.234 e. The van der Waals surface area contributed by atoms with E-state index in [1.165, 1.54) is 11.8 Å². The molecule has 152 valence electrons. The number of benzene rings is 2. The van der Waals surface area contributed by atoms with Crippen molar-refractivity contribution < 1.29 is 9.53 Å². The molecule has 0 aliphatic heterocycles. The van der Waals surface area contributed by atoms with Gasteiger partial charge in [0.05, 0.1) is 12.4 Å². The van der Waals surface area contributed by atoms with Crippen LogP contribution in [0.1, 0.15) is 12.5 Å². The number of aromatic nitrogens is 4. The van der Waals surface area contributed by atoms with Gasteiger partial charge in [-0.05, 0) is 62.4 Å². The third-order valence-electron chi connectivity index (χ3n) is 4.35. The molecule has 0 saturated heterocycles. The first-order chi connectivity index (χ1) is 14.6. The lowest BCUT2D eigenvalue weighted by atomic mass is 10.2. The number of thioether (sulfide) groups is 1. The number of fused-ring (bicyclic) bond motifs is 1. The molecular weight excluding hydrogens is 398 g/mol. The summed E-state index contributed by atoms with van der Waals surface area (Å²) in [7, 11) is 0. The molecule has 2 aromatic carbocycles. The molecule has 1 amide bonds. The van der Waals surface area contributed by atoms with Crippen molar-refractivity contribution in [2.24, 2.45) is 0 Å². The molecule has 0 aliphatic rings. The molecule has 0 radical (unpaired) electrons. The van der Waals surface area contributed by atoms with Crippen LogP contribution < -0.4 is 10.1 Å². The van der Waals surface area contributed by atoms with Gasteiger partial charge >= 0.3 is 0 Å². The number of aryl methyl sites for hydroxylation is 1. The molecule has 0 atom stereocenters. The first kappa shape index (κ1) is 19.9. The summed E-state index contributed by atoms with van der Waals surface area (Å²) in [5.41, 5.74) is 3.47. The van der Waals surface area contributed by atoms with E-state index in [1.54, 1.807) is 4.52 Å². The first-order valence-electron chi connectivity index (χ1n) is 9.57. The standard InChI is InChI=1S/C22H21N5O2S/c1-3-29-18-10-6-16(7-11-18)22-25-24-19-12-13-21(26-27(19)22)30-14-20(28)23-17-8-4-15(2)5-9-17/h4-13H,3,14H2,1-2H3,(H,23,28). The average Bonchev–Trinajstić information content (AvgIpc) is 3.18. The summed E-state index contributed by atoms with van der Waals surface area (Å²) >= 11 is 1.36. The summed E-state index contributed by atoms with van der Waals surface area (Å²) in [6.45, 7) is 4.58. The van der Waals surface area contributed by atoms with Crippen molar-refractivity contribution in [2.45, 2.75) is 18.9 Å². The number of amides is 1. The molecule has 2 heterocycles. The molecule has 0 aliphatic carbocycles. The van der Waals surface area contributed by atoms with Crippen molar-refractivity contribution in [3.8, 4) is 17.1 Å². The van der Waals surface area contributed by atoms with Gasteiger partial charge in [-0.25, -0.2) is 0 Å². The van der Waals surface area contributed by atoms with Gasteiger partial charge in [-0.15, -0.1) is 10.2 Å². The van der Waals surface area contributed by atoms with Crippen LogP contribution in [0.25, 0.3) is 17.0 Å². The molecule has 0 unspecified atom stereocenters. The molecule has 30 heavy (non-hydrogen) atoms. The van der Waals surface area contributed by atoms with Crippen LogP contribution in [0.4, 0.5) is 5.69 Å². The van der Waals surface area contributed by atoms with E-state index in [-0.39, 0.29) is 11.7 Å². The second kappa shape index (κ2) is 8.96. The predicted octanol–water partition coefficient (Wildman–Crippen LogP) is 4.23. The molecule has 4 aromatic rings. The van der Waals surface area contributed by atoms with E-state index < -0.39 is 0 Å². The summed E-state index contributed by atoms with van der Waals surface area (Å²) in [5.74, 6) is 1.62. The van der Waals surface area contributed by atoms with Crippen LogP contribution in [-0.2, 0) is 4.79 Å². The zero-order valence-electron chi connectivity index (χ0n) is 16.7. The van der Waals surface area contributed by atoms with Gasteiger partial charge in [0.2, 0.25) is 5.91 Å². The van der Waals surface area contributed by atoms with E-state index in [0.717, 1.165) is 22.6 Å². The van der Waals surface area contributed by atoms with Gasteiger partial charge in [-0.1, -0.05) is 29.5 Å². The third-order valence-corrected chi connectivity index (χ3v) is 5.27. The minimum atomic E-state index is -0.0822. The number of carbonyl (C=O) groups excluding carboxylic acids is 1. The fourth-order valence-electron chi connectivity index (χ4n) is 2.87. The Bertz CT molecular complexity index is 1160. The van der Waals surface area contributed by atoms with Crippen molar-refractivity contribution in [2.75, 3.05) is 17.7 Å². The largest absolute Gasteiger partial charge is 0.494 e. The molecule has 1 N–H and O–H groups in total. The molecule has 0 fully saturated rings. The maximum atomic E-state index is 12.3. The second-order valence-electron chi connectivity index (χ2n) is 6.63. The van der Waals surface area contributed by atoms with E-state index in [2.05, 4.69) is 20.6 Å². The van der Waals surface area contributed by atoms with Gasteiger partial charge in [0, 0.05) is 11.3 Å². The highest BCUT2D eigenvalue weighted by Crippen LogP contribution is 2.23. The van der Waals surface area contributed by atoms with Crippen LogP contribution in [0.2, 0.25) is 0 Å². The summed E-state index contributed by atoms with van der Waals surface area (Å²) in [5, 5.41) is 16.7. The van der Waals surface area contributed by atoms with Crippen LogP contribution in [0, 0.1) is 6.92 Å². The molecule has 8 heteroatoms. The zero-order chi connectivity index (χ0) is 20.9. The highest BCUT2D eigenvalue weighted by atomic mass is 32.2. The van der Waals surface area contributed by atoms with Crippen molar-refractivity contribution >= 4 is 29.0 Å². The van der Waals surface area contributed by atoms with Gasteiger partial charge in [0.25, 0.3) is 0 Å². The molecule has 0 bridgehead atoms. The Kier molecular flexibility index (Phi) is 5.94. The van der Waals surface area contributed by atoms with Crippen LogP contribution in [0.15, 0.2) is 65.7 Å². The monoisotopic (exact) mass is 419 g/mol. The fourth-order valence-corrected chi connectivity index (χ4v) is 3.52. The lowest BCUT2D eigenvalue weighted by molar-refractivity contribution is -0.113. The normalized spacial score (nSPS) is 10.9.